The molecule has 0 aliphatic rings. The van der Waals surface area contributed by atoms with Crippen molar-refractivity contribution in [1.82, 2.24) is 10.2 Å². The highest BCUT2D eigenvalue weighted by Crippen LogP contribution is 2.11. The van der Waals surface area contributed by atoms with Gasteiger partial charge < -0.3 is 16.4 Å². The van der Waals surface area contributed by atoms with E-state index >= 15 is 0 Å². The summed E-state index contributed by atoms with van der Waals surface area (Å²) in [6.45, 7) is 5.17. The molecule has 0 bridgehead atoms. The van der Waals surface area contributed by atoms with E-state index in [-0.39, 0.29) is 24.9 Å². The number of carbonyl (C=O) groups excluding carboxylic acids is 3. The first-order valence-corrected chi connectivity index (χ1v) is 8.15. The lowest BCUT2D eigenvalue weighted by molar-refractivity contribution is -0.121. The molecule has 0 atom stereocenters. The van der Waals surface area contributed by atoms with Crippen LogP contribution >= 0.6 is 0 Å². The Bertz CT molecular complexity index is 575. The van der Waals surface area contributed by atoms with Gasteiger partial charge in [0.15, 0.2) is 0 Å². The van der Waals surface area contributed by atoms with Gasteiger partial charge in [-0.05, 0) is 38.1 Å². The quantitative estimate of drug-likeness (QED) is 0.593. The van der Waals surface area contributed by atoms with E-state index < -0.39 is 5.91 Å². The topological polar surface area (TPSA) is 105 Å². The van der Waals surface area contributed by atoms with E-state index in [0.29, 0.717) is 24.3 Å². The number of primary amides is 1. The van der Waals surface area contributed by atoms with Gasteiger partial charge in [0.1, 0.15) is 0 Å². The molecule has 24 heavy (non-hydrogen) atoms. The van der Waals surface area contributed by atoms with E-state index in [4.69, 9.17) is 5.73 Å². The maximum Gasteiger partial charge on any atom is 0.251 e. The van der Waals surface area contributed by atoms with Crippen molar-refractivity contribution in [2.24, 2.45) is 5.73 Å². The predicted octanol–water partition coefficient (Wildman–Crippen LogP) is 0.962. The highest BCUT2D eigenvalue weighted by atomic mass is 16.2. The molecule has 3 amide bonds. The fourth-order valence-corrected chi connectivity index (χ4v) is 2.22. The predicted molar refractivity (Wildman–Crippen MR) is 93.6 cm³/mol. The summed E-state index contributed by atoms with van der Waals surface area (Å²) >= 11 is 0. The number of benzene rings is 1. The van der Waals surface area contributed by atoms with Gasteiger partial charge in [0, 0.05) is 17.8 Å². The van der Waals surface area contributed by atoms with Crippen LogP contribution in [0.5, 0.6) is 0 Å². The van der Waals surface area contributed by atoms with Crippen molar-refractivity contribution >= 4 is 23.4 Å². The van der Waals surface area contributed by atoms with Gasteiger partial charge in [-0.3, -0.25) is 19.3 Å². The van der Waals surface area contributed by atoms with Gasteiger partial charge in [0.2, 0.25) is 11.8 Å². The summed E-state index contributed by atoms with van der Waals surface area (Å²) in [6.07, 6.45) is 1.85. The van der Waals surface area contributed by atoms with E-state index in [1.165, 1.54) is 0 Å². The van der Waals surface area contributed by atoms with Crippen LogP contribution in [-0.2, 0) is 9.59 Å². The number of anilines is 1. The van der Waals surface area contributed by atoms with Crippen LogP contribution in [0.2, 0.25) is 0 Å². The minimum Gasteiger partial charge on any atom is -0.369 e. The van der Waals surface area contributed by atoms with Gasteiger partial charge in [0.25, 0.3) is 5.91 Å². The highest BCUT2D eigenvalue weighted by molar-refractivity contribution is 5.97. The standard InChI is InChI=1S/C17H26N4O3/c1-3-5-9-21(11-15(18)22)12-16(23)20-14-8-6-7-13(10-14)17(24)19-4-2/h6-8,10H,3-5,9,11-12H2,1-2H3,(H2,18,22)(H,19,24)(H,20,23). The van der Waals surface area contributed by atoms with Gasteiger partial charge >= 0.3 is 0 Å². The van der Waals surface area contributed by atoms with Crippen molar-refractivity contribution in [2.45, 2.75) is 26.7 Å². The summed E-state index contributed by atoms with van der Waals surface area (Å²) < 4.78 is 0. The second-order valence-electron chi connectivity index (χ2n) is 5.52. The van der Waals surface area contributed by atoms with Crippen LogP contribution in [0, 0.1) is 0 Å². The lowest BCUT2D eigenvalue weighted by atomic mass is 10.2. The first-order chi connectivity index (χ1) is 11.5. The summed E-state index contributed by atoms with van der Waals surface area (Å²) in [5.41, 5.74) is 6.24. The average molecular weight is 334 g/mol. The van der Waals surface area contributed by atoms with Crippen LogP contribution in [0.3, 0.4) is 0 Å². The van der Waals surface area contributed by atoms with E-state index in [1.807, 2.05) is 13.8 Å². The lowest BCUT2D eigenvalue weighted by Crippen LogP contribution is -2.39. The van der Waals surface area contributed by atoms with Crippen molar-refractivity contribution < 1.29 is 14.4 Å². The maximum atomic E-state index is 12.2. The molecule has 4 N–H and O–H groups in total. The second kappa shape index (κ2) is 10.4. The zero-order chi connectivity index (χ0) is 17.9. The number of unbranched alkanes of at least 4 members (excludes halogenated alkanes) is 1. The molecular weight excluding hydrogens is 308 g/mol. The normalized spacial score (nSPS) is 10.5. The third kappa shape index (κ3) is 7.23. The van der Waals surface area contributed by atoms with Gasteiger partial charge in [0.05, 0.1) is 13.1 Å². The molecule has 0 unspecified atom stereocenters. The fourth-order valence-electron chi connectivity index (χ4n) is 2.22. The Hall–Kier alpha value is -2.41. The van der Waals surface area contributed by atoms with E-state index in [9.17, 15) is 14.4 Å². The number of rotatable bonds is 10. The monoisotopic (exact) mass is 334 g/mol. The zero-order valence-electron chi connectivity index (χ0n) is 14.3. The third-order valence-electron chi connectivity index (χ3n) is 3.32. The van der Waals surface area contributed by atoms with Crippen LogP contribution in [0.25, 0.3) is 0 Å². The largest absolute Gasteiger partial charge is 0.369 e. The SMILES string of the molecule is CCCCN(CC(N)=O)CC(=O)Nc1cccc(C(=O)NCC)c1. The zero-order valence-corrected chi connectivity index (χ0v) is 14.3. The summed E-state index contributed by atoms with van der Waals surface area (Å²) in [6, 6.07) is 6.72. The number of carbonyl (C=O) groups is 3. The third-order valence-corrected chi connectivity index (χ3v) is 3.32. The minimum absolute atomic E-state index is 0.0480. The number of nitrogens with two attached hydrogens (primary N) is 1. The van der Waals surface area contributed by atoms with Crippen molar-refractivity contribution in [1.29, 1.82) is 0 Å². The van der Waals surface area contributed by atoms with Gasteiger partial charge in [-0.15, -0.1) is 0 Å². The number of hydrogen-bond acceptors (Lipinski definition) is 4. The van der Waals surface area contributed by atoms with Crippen molar-refractivity contribution in [3.63, 3.8) is 0 Å². The van der Waals surface area contributed by atoms with Crippen LogP contribution in [-0.4, -0.2) is 48.8 Å². The van der Waals surface area contributed by atoms with Crippen LogP contribution < -0.4 is 16.4 Å². The molecule has 1 aromatic carbocycles. The Morgan fingerprint density at radius 2 is 1.92 bits per heavy atom. The number of nitrogens with one attached hydrogen (secondary N) is 2. The molecule has 1 aromatic rings. The molecule has 7 heteroatoms. The second-order valence-corrected chi connectivity index (χ2v) is 5.52. The van der Waals surface area contributed by atoms with Gasteiger partial charge in [-0.1, -0.05) is 19.4 Å². The summed E-state index contributed by atoms with van der Waals surface area (Å²) in [5.74, 6) is -0.899. The van der Waals surface area contributed by atoms with Crippen LogP contribution in [0.15, 0.2) is 24.3 Å². The average Bonchev–Trinajstić information content (AvgIpc) is 2.52. The molecule has 0 aliphatic carbocycles. The summed E-state index contributed by atoms with van der Waals surface area (Å²) in [4.78, 5) is 36.8. The smallest absolute Gasteiger partial charge is 0.251 e. The summed E-state index contributed by atoms with van der Waals surface area (Å²) in [5, 5.41) is 5.45. The minimum atomic E-state index is -0.461. The van der Waals surface area contributed by atoms with E-state index in [0.717, 1.165) is 12.8 Å². The van der Waals surface area contributed by atoms with Gasteiger partial charge in [-0.25, -0.2) is 0 Å². The molecule has 0 aliphatic heterocycles. The Morgan fingerprint density at radius 1 is 1.17 bits per heavy atom. The molecule has 0 radical (unpaired) electrons. The Morgan fingerprint density at radius 3 is 2.54 bits per heavy atom. The van der Waals surface area contributed by atoms with E-state index in [1.54, 1.807) is 29.2 Å². The maximum absolute atomic E-state index is 12.2. The molecule has 1 rings (SSSR count). The molecule has 7 nitrogen and oxygen atoms in total. The first-order valence-electron chi connectivity index (χ1n) is 8.15. The molecule has 0 spiro atoms. The first kappa shape index (κ1) is 19.6. The van der Waals surface area contributed by atoms with Crippen molar-refractivity contribution in [3.05, 3.63) is 29.8 Å². The molecular formula is C17H26N4O3. The lowest BCUT2D eigenvalue weighted by Gasteiger charge is -2.19. The molecule has 0 saturated heterocycles. The van der Waals surface area contributed by atoms with E-state index in [2.05, 4.69) is 10.6 Å². The van der Waals surface area contributed by atoms with Crippen LogP contribution in [0.1, 0.15) is 37.0 Å². The van der Waals surface area contributed by atoms with Crippen molar-refractivity contribution in [2.75, 3.05) is 31.5 Å². The summed E-state index contributed by atoms with van der Waals surface area (Å²) in [7, 11) is 0. The van der Waals surface area contributed by atoms with Crippen LogP contribution in [0.4, 0.5) is 5.69 Å². The molecule has 0 fully saturated rings. The fraction of sp³-hybridized carbons (Fsp3) is 0.471. The Kier molecular flexibility index (Phi) is 8.49. The molecule has 0 aromatic heterocycles. The Balaban J connectivity index is 2.66. The Labute approximate surface area is 142 Å². The highest BCUT2D eigenvalue weighted by Gasteiger charge is 2.13. The number of hydrogen-bond donors (Lipinski definition) is 3. The number of nitrogens with zero attached hydrogens (tertiary/aromatic N) is 1. The molecule has 0 saturated carbocycles. The van der Waals surface area contributed by atoms with Crippen molar-refractivity contribution in [3.8, 4) is 0 Å². The van der Waals surface area contributed by atoms with Gasteiger partial charge in [-0.2, -0.15) is 0 Å². The molecule has 132 valence electrons. The molecule has 0 heterocycles. The number of amides is 3.